The van der Waals surface area contributed by atoms with E-state index >= 15 is 0 Å². The molecule has 0 bridgehead atoms. The number of rotatable bonds is 8. The van der Waals surface area contributed by atoms with Crippen LogP contribution in [0.4, 0.5) is 10.8 Å². The smallest absolute Gasteiger partial charge is 0.250 e. The molecule has 0 radical (unpaired) electrons. The van der Waals surface area contributed by atoms with Crippen molar-refractivity contribution in [2.45, 2.75) is 17.6 Å². The zero-order valence-corrected chi connectivity index (χ0v) is 20.9. The second kappa shape index (κ2) is 9.51. The lowest BCUT2D eigenvalue weighted by Gasteiger charge is -2.16. The van der Waals surface area contributed by atoms with Gasteiger partial charge in [-0.05, 0) is 37.1 Å². The Morgan fingerprint density at radius 3 is 2.86 bits per heavy atom. The lowest BCUT2D eigenvalue weighted by Crippen LogP contribution is -2.26. The molecule has 11 nitrogen and oxygen atoms in total. The monoisotopic (exact) mass is 514 g/mol. The molecule has 35 heavy (non-hydrogen) atoms. The third-order valence-electron chi connectivity index (χ3n) is 5.61. The Kier molecular flexibility index (Phi) is 6.42. The van der Waals surface area contributed by atoms with Gasteiger partial charge in [-0.2, -0.15) is 5.10 Å². The molecule has 0 saturated heterocycles. The number of thiophene rings is 1. The van der Waals surface area contributed by atoms with E-state index in [1.807, 2.05) is 23.8 Å². The molecule has 0 atom stereocenters. The van der Waals surface area contributed by atoms with Crippen molar-refractivity contribution in [1.29, 1.82) is 0 Å². The summed E-state index contributed by atoms with van der Waals surface area (Å²) in [5.74, 6) is 0.526. The number of anilines is 2. The second-order valence-corrected chi connectivity index (χ2v) is 11.3. The van der Waals surface area contributed by atoms with Gasteiger partial charge < -0.3 is 15.7 Å². The number of nitrogens with one attached hydrogen (secondary N) is 3. The van der Waals surface area contributed by atoms with Gasteiger partial charge in [-0.1, -0.05) is 6.08 Å². The number of imidazole rings is 1. The fraction of sp³-hybridized carbons (Fsp3) is 0.318. The normalized spacial score (nSPS) is 14.4. The minimum Gasteiger partial charge on any atom is -0.395 e. The SMILES string of the molecule is Cc1cc(Nc2nc(C3=CCCNC3)cn3c(-c4cnn(C)c4)cnc23)sc1S(=O)(=O)NCCO. The Hall–Kier alpha value is -3.10. The van der Waals surface area contributed by atoms with Crippen LogP contribution in [0.25, 0.3) is 22.5 Å². The van der Waals surface area contributed by atoms with E-state index in [-0.39, 0.29) is 17.4 Å². The molecule has 0 aromatic carbocycles. The van der Waals surface area contributed by atoms with Crippen LogP contribution < -0.4 is 15.4 Å². The van der Waals surface area contributed by atoms with E-state index in [0.29, 0.717) is 28.6 Å². The molecule has 184 valence electrons. The Morgan fingerprint density at radius 1 is 1.29 bits per heavy atom. The van der Waals surface area contributed by atoms with Gasteiger partial charge in [0.1, 0.15) is 4.21 Å². The molecular weight excluding hydrogens is 488 g/mol. The molecular formula is C22H26N8O3S2. The van der Waals surface area contributed by atoms with Crippen LogP contribution in [0.3, 0.4) is 0 Å². The summed E-state index contributed by atoms with van der Waals surface area (Å²) in [4.78, 5) is 9.48. The number of aryl methyl sites for hydroxylation is 2. The predicted octanol–water partition coefficient (Wildman–Crippen LogP) is 1.89. The lowest BCUT2D eigenvalue weighted by atomic mass is 10.1. The van der Waals surface area contributed by atoms with Crippen molar-refractivity contribution in [3.63, 3.8) is 0 Å². The molecule has 0 aliphatic carbocycles. The molecule has 4 aromatic rings. The number of aliphatic hydroxyl groups excluding tert-OH is 1. The van der Waals surface area contributed by atoms with Crippen molar-refractivity contribution in [1.82, 2.24) is 34.2 Å². The van der Waals surface area contributed by atoms with Crippen LogP contribution in [-0.2, 0) is 17.1 Å². The van der Waals surface area contributed by atoms with Gasteiger partial charge >= 0.3 is 0 Å². The summed E-state index contributed by atoms with van der Waals surface area (Å²) in [5, 5.41) is 20.6. The van der Waals surface area contributed by atoms with E-state index in [2.05, 4.69) is 31.5 Å². The van der Waals surface area contributed by atoms with Gasteiger partial charge in [-0.15, -0.1) is 11.3 Å². The predicted molar refractivity (Wildman–Crippen MR) is 135 cm³/mol. The van der Waals surface area contributed by atoms with Gasteiger partial charge in [-0.3, -0.25) is 9.08 Å². The molecule has 5 heterocycles. The number of hydrogen-bond donors (Lipinski definition) is 4. The summed E-state index contributed by atoms with van der Waals surface area (Å²) in [5.41, 5.74) is 4.92. The van der Waals surface area contributed by atoms with Crippen LogP contribution in [0.5, 0.6) is 0 Å². The standard InChI is InChI=1S/C22H26N8O3S2/c1-14-8-19(34-22(14)35(32,33)26-6-7-31)28-20-21-24-11-18(16-10-25-29(2)12-16)30(21)13-17(27-20)15-4-3-5-23-9-15/h4,8,10-13,23,26,31H,3,5-7,9H2,1-2H3,(H,27,28). The molecule has 0 fully saturated rings. The molecule has 1 aliphatic heterocycles. The van der Waals surface area contributed by atoms with Crippen molar-refractivity contribution in [3.05, 3.63) is 48.2 Å². The second-order valence-electron chi connectivity index (χ2n) is 8.24. The fourth-order valence-corrected chi connectivity index (χ4v) is 6.65. The highest BCUT2D eigenvalue weighted by atomic mass is 32.2. The molecule has 4 N–H and O–H groups in total. The Morgan fingerprint density at radius 2 is 2.14 bits per heavy atom. The van der Waals surface area contributed by atoms with Crippen molar-refractivity contribution in [2.24, 2.45) is 7.05 Å². The van der Waals surface area contributed by atoms with E-state index in [1.54, 1.807) is 30.1 Å². The number of aliphatic hydroxyl groups is 1. The first-order valence-electron chi connectivity index (χ1n) is 11.1. The first-order valence-corrected chi connectivity index (χ1v) is 13.4. The minimum absolute atomic E-state index is 0.0407. The highest BCUT2D eigenvalue weighted by Crippen LogP contribution is 2.34. The zero-order chi connectivity index (χ0) is 24.6. The average molecular weight is 515 g/mol. The molecule has 0 spiro atoms. The molecule has 0 amide bonds. The van der Waals surface area contributed by atoms with Gasteiger partial charge in [0.15, 0.2) is 11.5 Å². The van der Waals surface area contributed by atoms with E-state index in [9.17, 15) is 8.42 Å². The zero-order valence-electron chi connectivity index (χ0n) is 19.3. The van der Waals surface area contributed by atoms with Crippen molar-refractivity contribution < 1.29 is 13.5 Å². The molecule has 0 unspecified atom stereocenters. The molecule has 1 aliphatic rings. The van der Waals surface area contributed by atoms with E-state index in [1.165, 1.54) is 0 Å². The van der Waals surface area contributed by atoms with Crippen LogP contribution in [-0.4, -0.2) is 63.9 Å². The van der Waals surface area contributed by atoms with Crippen molar-refractivity contribution in [2.75, 3.05) is 31.6 Å². The van der Waals surface area contributed by atoms with E-state index in [4.69, 9.17) is 10.1 Å². The quantitative estimate of drug-likeness (QED) is 0.280. The molecule has 4 aromatic heterocycles. The summed E-state index contributed by atoms with van der Waals surface area (Å²) in [6.45, 7) is 3.07. The maximum Gasteiger partial charge on any atom is 0.250 e. The number of sulfonamides is 1. The van der Waals surface area contributed by atoms with Crippen LogP contribution in [0.15, 0.2) is 41.1 Å². The summed E-state index contributed by atoms with van der Waals surface area (Å²) in [7, 11) is -1.85. The van der Waals surface area contributed by atoms with Gasteiger partial charge in [0.2, 0.25) is 10.0 Å². The van der Waals surface area contributed by atoms with E-state index in [0.717, 1.165) is 46.8 Å². The Bertz CT molecular complexity index is 1520. The summed E-state index contributed by atoms with van der Waals surface area (Å²) < 4.78 is 31.6. The van der Waals surface area contributed by atoms with Crippen LogP contribution in [0, 0.1) is 6.92 Å². The lowest BCUT2D eigenvalue weighted by molar-refractivity contribution is 0.301. The first kappa shape index (κ1) is 23.6. The highest BCUT2D eigenvalue weighted by Gasteiger charge is 2.22. The largest absolute Gasteiger partial charge is 0.395 e. The average Bonchev–Trinajstić information content (AvgIpc) is 3.56. The van der Waals surface area contributed by atoms with Crippen LogP contribution >= 0.6 is 11.3 Å². The van der Waals surface area contributed by atoms with Gasteiger partial charge in [-0.25, -0.2) is 23.1 Å². The van der Waals surface area contributed by atoms with Crippen molar-refractivity contribution >= 4 is 43.4 Å². The number of fused-ring (bicyclic) bond motifs is 1. The van der Waals surface area contributed by atoms with Crippen molar-refractivity contribution in [3.8, 4) is 11.3 Å². The Balaban J connectivity index is 1.59. The maximum atomic E-state index is 12.6. The number of nitrogens with zero attached hydrogens (tertiary/aromatic N) is 5. The van der Waals surface area contributed by atoms with Crippen LogP contribution in [0.1, 0.15) is 17.7 Å². The highest BCUT2D eigenvalue weighted by molar-refractivity contribution is 7.91. The topological polar surface area (TPSA) is 138 Å². The third kappa shape index (κ3) is 4.73. The van der Waals surface area contributed by atoms with Gasteiger partial charge in [0.05, 0.1) is 35.4 Å². The fourth-order valence-electron chi connectivity index (χ4n) is 3.99. The molecule has 13 heteroatoms. The third-order valence-corrected chi connectivity index (χ3v) is 8.86. The molecule has 5 rings (SSSR count). The number of aromatic nitrogens is 5. The summed E-state index contributed by atoms with van der Waals surface area (Å²) >= 11 is 1.11. The number of hydrogen-bond acceptors (Lipinski definition) is 9. The maximum absolute atomic E-state index is 12.6. The van der Waals surface area contributed by atoms with Crippen LogP contribution in [0.2, 0.25) is 0 Å². The Labute approximate surface area is 206 Å². The van der Waals surface area contributed by atoms with E-state index < -0.39 is 10.0 Å². The summed E-state index contributed by atoms with van der Waals surface area (Å²) in [6, 6.07) is 1.77. The van der Waals surface area contributed by atoms with Gasteiger partial charge in [0.25, 0.3) is 0 Å². The first-order chi connectivity index (χ1) is 16.9. The molecule has 0 saturated carbocycles. The van der Waals surface area contributed by atoms with Gasteiger partial charge in [0, 0.05) is 38.1 Å². The summed E-state index contributed by atoms with van der Waals surface area (Å²) in [6.07, 6.45) is 10.6. The minimum atomic E-state index is -3.72.